The van der Waals surface area contributed by atoms with Crippen LogP contribution in [-0.4, -0.2) is 27.2 Å². The molecule has 4 heteroatoms. The predicted octanol–water partition coefficient (Wildman–Crippen LogP) is 2.74. The third-order valence-corrected chi connectivity index (χ3v) is 4.46. The summed E-state index contributed by atoms with van der Waals surface area (Å²) in [5.41, 5.74) is -0.629. The highest BCUT2D eigenvalue weighted by atomic mass is 28.3. The predicted molar refractivity (Wildman–Crippen MR) is 71.5 cm³/mol. The molecule has 0 spiro atoms. The van der Waals surface area contributed by atoms with Crippen molar-refractivity contribution in [3.05, 3.63) is 0 Å². The highest BCUT2D eigenvalue weighted by molar-refractivity contribution is 6.48. The van der Waals surface area contributed by atoms with Crippen molar-refractivity contribution in [2.24, 2.45) is 11.3 Å². The molecule has 17 heavy (non-hydrogen) atoms. The Morgan fingerprint density at radius 3 is 2.47 bits per heavy atom. The van der Waals surface area contributed by atoms with Crippen LogP contribution in [0.3, 0.4) is 0 Å². The van der Waals surface area contributed by atoms with Gasteiger partial charge >= 0.3 is 5.97 Å². The van der Waals surface area contributed by atoms with E-state index in [1.54, 1.807) is 0 Å². The second-order valence-electron chi connectivity index (χ2n) is 6.25. The Kier molecular flexibility index (Phi) is 4.41. The van der Waals surface area contributed by atoms with Crippen molar-refractivity contribution in [1.29, 1.82) is 0 Å². The lowest BCUT2D eigenvalue weighted by Gasteiger charge is -2.48. The number of carbonyl (C=O) groups is 1. The van der Waals surface area contributed by atoms with E-state index in [2.05, 4.69) is 33.9 Å². The average molecular weight is 258 g/mol. The minimum Gasteiger partial charge on any atom is -0.464 e. The first-order valence-electron chi connectivity index (χ1n) is 6.59. The van der Waals surface area contributed by atoms with Gasteiger partial charge in [0.25, 0.3) is 0 Å². The molecule has 0 aromatic rings. The van der Waals surface area contributed by atoms with Crippen LogP contribution in [0.1, 0.15) is 40.5 Å². The van der Waals surface area contributed by atoms with E-state index in [-0.39, 0.29) is 17.3 Å². The second kappa shape index (κ2) is 5.10. The smallest absolute Gasteiger partial charge is 0.337 e. The molecular weight excluding hydrogens is 232 g/mol. The van der Waals surface area contributed by atoms with Crippen LogP contribution < -0.4 is 0 Å². The maximum Gasteiger partial charge on any atom is 0.337 e. The zero-order chi connectivity index (χ0) is 13.3. The minimum absolute atomic E-state index is 0.0682. The number of ether oxygens (including phenoxy) is 1. The van der Waals surface area contributed by atoms with Gasteiger partial charge in [-0.05, 0) is 31.4 Å². The number of hydrogen-bond acceptors (Lipinski definition) is 3. The number of esters is 1. The first kappa shape index (κ1) is 14.7. The molecule has 0 aromatic carbocycles. The van der Waals surface area contributed by atoms with Crippen molar-refractivity contribution in [2.75, 3.05) is 6.61 Å². The maximum absolute atomic E-state index is 12.2. The molecule has 3 nitrogen and oxygen atoms in total. The van der Waals surface area contributed by atoms with Crippen molar-refractivity contribution in [3.8, 4) is 0 Å². The summed E-state index contributed by atoms with van der Waals surface area (Å²) in [6.45, 7) is 13.3. The number of cyclic esters (lactones) is 1. The topological polar surface area (TPSA) is 35.5 Å². The molecule has 1 rings (SSSR count). The van der Waals surface area contributed by atoms with Crippen LogP contribution in [0.2, 0.25) is 13.1 Å². The first-order valence-corrected chi connectivity index (χ1v) is 9.37. The fraction of sp³-hybridized carbons (Fsp3) is 0.923. The van der Waals surface area contributed by atoms with Gasteiger partial charge in [0.2, 0.25) is 0 Å². The number of hydrogen-bond donors (Lipinski definition) is 0. The lowest BCUT2D eigenvalue weighted by molar-refractivity contribution is -0.187. The van der Waals surface area contributed by atoms with Crippen molar-refractivity contribution >= 4 is 15.0 Å². The molecule has 1 fully saturated rings. The van der Waals surface area contributed by atoms with E-state index in [0.717, 1.165) is 6.42 Å². The molecule has 1 aliphatic rings. The average Bonchev–Trinajstić information content (AvgIpc) is 2.18. The molecule has 0 aromatic heterocycles. The summed E-state index contributed by atoms with van der Waals surface area (Å²) in [4.78, 5) is 12.2. The Morgan fingerprint density at radius 2 is 2.06 bits per heavy atom. The SMILES string of the molecule is CC[C@@]1(O[SiH](C)C)C(=O)OCC[C@@H]1C(C)(C)C. The molecule has 0 aliphatic carbocycles. The molecule has 0 unspecified atom stereocenters. The Bertz CT molecular complexity index is 283. The highest BCUT2D eigenvalue weighted by Crippen LogP contribution is 2.44. The van der Waals surface area contributed by atoms with Crippen LogP contribution in [0, 0.1) is 11.3 Å². The van der Waals surface area contributed by atoms with Crippen LogP contribution in [0.15, 0.2) is 0 Å². The summed E-state index contributed by atoms with van der Waals surface area (Å²) in [7, 11) is -1.28. The van der Waals surface area contributed by atoms with Gasteiger partial charge in [-0.1, -0.05) is 27.7 Å². The quantitative estimate of drug-likeness (QED) is 0.577. The summed E-state index contributed by atoms with van der Waals surface area (Å²) < 4.78 is 11.4. The van der Waals surface area contributed by atoms with Gasteiger partial charge in [0.15, 0.2) is 14.6 Å². The fourth-order valence-corrected chi connectivity index (χ4v) is 4.19. The van der Waals surface area contributed by atoms with Crippen LogP contribution >= 0.6 is 0 Å². The van der Waals surface area contributed by atoms with Gasteiger partial charge in [0.05, 0.1) is 6.61 Å². The van der Waals surface area contributed by atoms with Gasteiger partial charge in [-0.25, -0.2) is 4.79 Å². The molecule has 1 aliphatic heterocycles. The van der Waals surface area contributed by atoms with Gasteiger partial charge < -0.3 is 9.16 Å². The molecule has 0 N–H and O–H groups in total. The molecule has 100 valence electrons. The van der Waals surface area contributed by atoms with Crippen molar-refractivity contribution in [1.82, 2.24) is 0 Å². The zero-order valence-electron chi connectivity index (χ0n) is 12.0. The van der Waals surface area contributed by atoms with E-state index in [1.165, 1.54) is 0 Å². The van der Waals surface area contributed by atoms with Crippen LogP contribution in [0.4, 0.5) is 0 Å². The van der Waals surface area contributed by atoms with Gasteiger partial charge in [-0.2, -0.15) is 0 Å². The fourth-order valence-electron chi connectivity index (χ4n) is 2.92. The van der Waals surface area contributed by atoms with Crippen molar-refractivity contribution in [2.45, 2.75) is 59.2 Å². The summed E-state index contributed by atoms with van der Waals surface area (Å²) in [5, 5.41) is 0. The molecule has 2 atom stereocenters. The largest absolute Gasteiger partial charge is 0.464 e. The van der Waals surface area contributed by atoms with E-state index >= 15 is 0 Å². The summed E-state index contributed by atoms with van der Waals surface area (Å²) in [6, 6.07) is 0. The molecule has 1 heterocycles. The summed E-state index contributed by atoms with van der Waals surface area (Å²) in [6.07, 6.45) is 1.61. The van der Waals surface area contributed by atoms with E-state index in [9.17, 15) is 4.79 Å². The van der Waals surface area contributed by atoms with Gasteiger partial charge in [0.1, 0.15) is 0 Å². The van der Waals surface area contributed by atoms with Crippen LogP contribution in [0.25, 0.3) is 0 Å². The summed E-state index contributed by atoms with van der Waals surface area (Å²) >= 11 is 0. The molecule has 0 radical (unpaired) electrons. The van der Waals surface area contributed by atoms with Gasteiger partial charge in [-0.3, -0.25) is 0 Å². The lowest BCUT2D eigenvalue weighted by Crippen LogP contribution is -2.58. The van der Waals surface area contributed by atoms with Crippen molar-refractivity contribution in [3.63, 3.8) is 0 Å². The summed E-state index contributed by atoms with van der Waals surface area (Å²) in [5.74, 6) is 0.100. The Labute approximate surface area is 107 Å². The first-order chi connectivity index (χ1) is 7.74. The zero-order valence-corrected chi connectivity index (χ0v) is 13.2. The Hall–Kier alpha value is -0.353. The standard InChI is InChI=1S/C13H26O3Si/c1-7-13(16-17(5)6)10(12(2,3)4)8-9-15-11(13)14/h10,17H,7-9H2,1-6H3/t10-,13+/m1/s1. The van der Waals surface area contributed by atoms with E-state index < -0.39 is 14.6 Å². The highest BCUT2D eigenvalue weighted by Gasteiger charge is 2.53. The Balaban J connectivity index is 3.11. The van der Waals surface area contributed by atoms with Crippen molar-refractivity contribution < 1.29 is 14.0 Å². The lowest BCUT2D eigenvalue weighted by atomic mass is 9.67. The van der Waals surface area contributed by atoms with E-state index in [0.29, 0.717) is 13.0 Å². The van der Waals surface area contributed by atoms with Crippen LogP contribution in [-0.2, 0) is 14.0 Å². The van der Waals surface area contributed by atoms with Gasteiger partial charge in [0, 0.05) is 5.92 Å². The third-order valence-electron chi connectivity index (χ3n) is 3.56. The molecular formula is C13H26O3Si. The minimum atomic E-state index is -1.28. The van der Waals surface area contributed by atoms with Crippen LogP contribution in [0.5, 0.6) is 0 Å². The van der Waals surface area contributed by atoms with E-state index in [4.69, 9.17) is 9.16 Å². The maximum atomic E-state index is 12.2. The van der Waals surface area contributed by atoms with Gasteiger partial charge in [-0.15, -0.1) is 0 Å². The molecule has 0 amide bonds. The van der Waals surface area contributed by atoms with E-state index in [1.807, 2.05) is 6.92 Å². The second-order valence-corrected chi connectivity index (χ2v) is 8.59. The molecule has 0 saturated carbocycles. The third kappa shape index (κ3) is 2.91. The Morgan fingerprint density at radius 1 is 1.47 bits per heavy atom. The number of carbonyl (C=O) groups excluding carboxylic acids is 1. The molecule has 1 saturated heterocycles. The monoisotopic (exact) mass is 258 g/mol. The number of rotatable bonds is 3. The normalized spacial score (nSPS) is 30.5. The molecule has 0 bridgehead atoms.